The number of nitro groups is 1. The molecule has 2 aromatic carbocycles. The molecule has 0 bridgehead atoms. The molecule has 0 saturated heterocycles. The number of nitrogen functional groups attached to an aromatic ring is 1. The molecule has 7 nitrogen and oxygen atoms in total. The first-order valence-electron chi connectivity index (χ1n) is 7.98. The zero-order chi connectivity index (χ0) is 19.6. The fourth-order valence-corrected chi connectivity index (χ4v) is 2.56. The molecule has 7 heteroatoms. The molecule has 2 aromatic rings. The van der Waals surface area contributed by atoms with E-state index in [0.717, 1.165) is 22.8 Å². The number of anilines is 1. The molecule has 0 saturated carbocycles. The zero-order valence-electron chi connectivity index (χ0n) is 15.0. The van der Waals surface area contributed by atoms with Gasteiger partial charge < -0.3 is 10.5 Å². The lowest BCUT2D eigenvalue weighted by molar-refractivity contribution is -0.383. The molecule has 0 spiro atoms. The van der Waals surface area contributed by atoms with Crippen LogP contribution in [0.25, 0.3) is 0 Å². The van der Waals surface area contributed by atoms with Crippen LogP contribution in [0, 0.1) is 30.9 Å². The highest BCUT2D eigenvalue weighted by Gasteiger charge is 2.24. The standard InChI is InChI=1S/C19H20N2O5/c1-10-7-12(3)15(8-11(10)2)18(22)13(4)26-19(23)14-5-6-16(20)17(9-14)21(24)25/h5-9,13H,20H2,1-4H3/t13-/m0/s1. The number of carbonyl (C=O) groups excluding carboxylic acids is 2. The molecule has 2 rings (SSSR count). The third kappa shape index (κ3) is 3.88. The number of nitrogens with zero attached hydrogens (tertiary/aromatic N) is 1. The van der Waals surface area contributed by atoms with Gasteiger partial charge in [-0.3, -0.25) is 14.9 Å². The van der Waals surface area contributed by atoms with Crippen LogP contribution in [0.5, 0.6) is 0 Å². The van der Waals surface area contributed by atoms with Gasteiger partial charge in [-0.05, 0) is 62.6 Å². The summed E-state index contributed by atoms with van der Waals surface area (Å²) < 4.78 is 5.20. The van der Waals surface area contributed by atoms with Crippen LogP contribution in [0.2, 0.25) is 0 Å². The predicted octanol–water partition coefficient (Wildman–Crippen LogP) is 3.53. The molecule has 136 valence electrons. The lowest BCUT2D eigenvalue weighted by Crippen LogP contribution is -2.25. The van der Waals surface area contributed by atoms with E-state index in [1.165, 1.54) is 19.1 Å². The number of esters is 1. The second-order valence-corrected chi connectivity index (χ2v) is 6.19. The van der Waals surface area contributed by atoms with Gasteiger partial charge in [-0.25, -0.2) is 4.79 Å². The van der Waals surface area contributed by atoms with Crippen molar-refractivity contribution in [2.75, 3.05) is 5.73 Å². The first kappa shape index (κ1) is 19.1. The van der Waals surface area contributed by atoms with Crippen LogP contribution in [-0.2, 0) is 4.74 Å². The Bertz CT molecular complexity index is 905. The van der Waals surface area contributed by atoms with E-state index >= 15 is 0 Å². The van der Waals surface area contributed by atoms with Crippen molar-refractivity contribution in [1.29, 1.82) is 0 Å². The Balaban J connectivity index is 2.22. The van der Waals surface area contributed by atoms with Crippen LogP contribution in [0.15, 0.2) is 30.3 Å². The summed E-state index contributed by atoms with van der Waals surface area (Å²) in [5, 5.41) is 10.9. The summed E-state index contributed by atoms with van der Waals surface area (Å²) in [6, 6.07) is 7.29. The summed E-state index contributed by atoms with van der Waals surface area (Å²) in [5.74, 6) is -1.15. The third-order valence-electron chi connectivity index (χ3n) is 4.22. The van der Waals surface area contributed by atoms with Crippen molar-refractivity contribution in [2.24, 2.45) is 0 Å². The summed E-state index contributed by atoms with van der Waals surface area (Å²) in [5.41, 5.74) is 8.34. The molecule has 0 aliphatic carbocycles. The van der Waals surface area contributed by atoms with Crippen molar-refractivity contribution in [1.82, 2.24) is 0 Å². The quantitative estimate of drug-likeness (QED) is 0.288. The average molecular weight is 356 g/mol. The molecule has 2 N–H and O–H groups in total. The highest BCUT2D eigenvalue weighted by atomic mass is 16.6. The van der Waals surface area contributed by atoms with Gasteiger partial charge in [0.15, 0.2) is 6.10 Å². The van der Waals surface area contributed by atoms with Gasteiger partial charge in [-0.15, -0.1) is 0 Å². The number of nitrogens with two attached hydrogens (primary N) is 1. The minimum absolute atomic E-state index is 0.0395. The second kappa shape index (κ2) is 7.35. The molecule has 0 amide bonds. The number of carbonyl (C=O) groups is 2. The Labute approximate surface area is 150 Å². The summed E-state index contributed by atoms with van der Waals surface area (Å²) in [7, 11) is 0. The Hall–Kier alpha value is -3.22. The van der Waals surface area contributed by atoms with Crippen LogP contribution < -0.4 is 5.73 Å². The maximum atomic E-state index is 12.6. The first-order valence-corrected chi connectivity index (χ1v) is 7.98. The molecule has 26 heavy (non-hydrogen) atoms. The van der Waals surface area contributed by atoms with Gasteiger partial charge in [0.2, 0.25) is 5.78 Å². The van der Waals surface area contributed by atoms with Crippen LogP contribution in [0.4, 0.5) is 11.4 Å². The number of rotatable bonds is 5. The van der Waals surface area contributed by atoms with E-state index in [-0.39, 0.29) is 22.7 Å². The van der Waals surface area contributed by atoms with Crippen LogP contribution in [-0.4, -0.2) is 22.8 Å². The maximum Gasteiger partial charge on any atom is 0.339 e. The SMILES string of the molecule is Cc1cc(C)c(C(=O)[C@H](C)OC(=O)c2ccc(N)c([N+](=O)[O-])c2)cc1C. The lowest BCUT2D eigenvalue weighted by atomic mass is 9.96. The molecule has 0 unspecified atom stereocenters. The number of Topliss-reactive ketones (excluding diaryl/α,β-unsaturated/α-hetero) is 1. The lowest BCUT2D eigenvalue weighted by Gasteiger charge is -2.15. The topological polar surface area (TPSA) is 113 Å². The maximum absolute atomic E-state index is 12.6. The Morgan fingerprint density at radius 3 is 2.31 bits per heavy atom. The fraction of sp³-hybridized carbons (Fsp3) is 0.263. The van der Waals surface area contributed by atoms with Crippen LogP contribution in [0.1, 0.15) is 44.3 Å². The van der Waals surface area contributed by atoms with Crippen LogP contribution >= 0.6 is 0 Å². The summed E-state index contributed by atoms with van der Waals surface area (Å²) in [4.78, 5) is 35.1. The van der Waals surface area contributed by atoms with E-state index in [0.29, 0.717) is 5.56 Å². The van der Waals surface area contributed by atoms with Gasteiger partial charge >= 0.3 is 5.97 Å². The smallest absolute Gasteiger partial charge is 0.339 e. The normalized spacial score (nSPS) is 11.7. The predicted molar refractivity (Wildman–Crippen MR) is 97.4 cm³/mol. The Morgan fingerprint density at radius 2 is 1.69 bits per heavy atom. The molecule has 1 atom stereocenters. The average Bonchev–Trinajstić information content (AvgIpc) is 2.57. The van der Waals surface area contributed by atoms with Crippen molar-refractivity contribution < 1.29 is 19.2 Å². The zero-order valence-corrected chi connectivity index (χ0v) is 15.0. The van der Waals surface area contributed by atoms with Gasteiger partial charge in [-0.1, -0.05) is 6.07 Å². The van der Waals surface area contributed by atoms with Crippen molar-refractivity contribution >= 4 is 23.1 Å². The van der Waals surface area contributed by atoms with E-state index in [9.17, 15) is 19.7 Å². The Kier molecular flexibility index (Phi) is 5.40. The van der Waals surface area contributed by atoms with Crippen molar-refractivity contribution in [3.8, 4) is 0 Å². The van der Waals surface area contributed by atoms with Gasteiger partial charge in [0.05, 0.1) is 10.5 Å². The Morgan fingerprint density at radius 1 is 1.08 bits per heavy atom. The summed E-state index contributed by atoms with van der Waals surface area (Å²) >= 11 is 0. The highest BCUT2D eigenvalue weighted by Crippen LogP contribution is 2.23. The molecular formula is C19H20N2O5. The van der Waals surface area contributed by atoms with Crippen molar-refractivity contribution in [3.05, 3.63) is 68.3 Å². The van der Waals surface area contributed by atoms with E-state index < -0.39 is 17.0 Å². The second-order valence-electron chi connectivity index (χ2n) is 6.19. The van der Waals surface area contributed by atoms with Gasteiger partial charge in [0.25, 0.3) is 5.69 Å². The van der Waals surface area contributed by atoms with Crippen LogP contribution in [0.3, 0.4) is 0 Å². The monoisotopic (exact) mass is 356 g/mol. The van der Waals surface area contributed by atoms with Gasteiger partial charge in [0.1, 0.15) is 5.69 Å². The number of ketones is 1. The number of nitro benzene ring substituents is 1. The molecule has 0 heterocycles. The minimum atomic E-state index is -1.03. The summed E-state index contributed by atoms with van der Waals surface area (Å²) in [6.45, 7) is 7.14. The van der Waals surface area contributed by atoms with Crippen molar-refractivity contribution in [3.63, 3.8) is 0 Å². The molecule has 0 radical (unpaired) electrons. The fourth-order valence-electron chi connectivity index (χ4n) is 2.56. The number of hydrogen-bond donors (Lipinski definition) is 1. The molecule has 0 aromatic heterocycles. The molecule has 0 aliphatic rings. The number of aryl methyl sites for hydroxylation is 3. The van der Waals surface area contributed by atoms with Gasteiger partial charge in [-0.2, -0.15) is 0 Å². The molecule has 0 fully saturated rings. The van der Waals surface area contributed by atoms with Crippen molar-refractivity contribution in [2.45, 2.75) is 33.8 Å². The van der Waals surface area contributed by atoms with E-state index in [4.69, 9.17) is 10.5 Å². The number of hydrogen-bond acceptors (Lipinski definition) is 6. The van der Waals surface area contributed by atoms with E-state index in [1.807, 2.05) is 26.8 Å². The van der Waals surface area contributed by atoms with Gasteiger partial charge in [0, 0.05) is 11.6 Å². The first-order chi connectivity index (χ1) is 12.1. The minimum Gasteiger partial charge on any atom is -0.451 e. The molecular weight excluding hydrogens is 336 g/mol. The molecule has 0 aliphatic heterocycles. The third-order valence-corrected chi connectivity index (χ3v) is 4.22. The van der Waals surface area contributed by atoms with E-state index in [2.05, 4.69) is 0 Å². The largest absolute Gasteiger partial charge is 0.451 e. The highest BCUT2D eigenvalue weighted by molar-refractivity contribution is 6.02. The summed E-state index contributed by atoms with van der Waals surface area (Å²) in [6.07, 6.45) is -1.03. The number of ether oxygens (including phenoxy) is 1. The number of benzene rings is 2. The van der Waals surface area contributed by atoms with E-state index in [1.54, 1.807) is 6.07 Å².